The van der Waals surface area contributed by atoms with Crippen molar-refractivity contribution in [2.45, 2.75) is 45.1 Å². The fourth-order valence-corrected chi connectivity index (χ4v) is 3.21. The summed E-state index contributed by atoms with van der Waals surface area (Å²) in [5.41, 5.74) is 0. The third kappa shape index (κ3) is 3.34. The van der Waals surface area contributed by atoms with Gasteiger partial charge in [-0.15, -0.1) is 0 Å². The van der Waals surface area contributed by atoms with Crippen molar-refractivity contribution in [3.8, 4) is 0 Å². The number of ether oxygens (including phenoxy) is 1. The van der Waals surface area contributed by atoms with Gasteiger partial charge in [0, 0.05) is 26.6 Å². The molecular formula is C14H23N3O2. The fourth-order valence-electron chi connectivity index (χ4n) is 3.21. The normalized spacial score (nSPS) is 26.7. The molecule has 1 saturated carbocycles. The highest BCUT2D eigenvalue weighted by molar-refractivity contribution is 4.93. The Bertz CT molecular complexity index is 401. The first-order valence-electron chi connectivity index (χ1n) is 7.45. The second kappa shape index (κ2) is 6.01. The summed E-state index contributed by atoms with van der Waals surface area (Å²) >= 11 is 0. The highest BCUT2D eigenvalue weighted by Crippen LogP contribution is 2.26. The number of hydrogen-bond donors (Lipinski definition) is 0. The number of nitrogens with zero attached hydrogens (tertiary/aromatic N) is 3. The Morgan fingerprint density at radius 2 is 2.11 bits per heavy atom. The Balaban J connectivity index is 1.55. The van der Waals surface area contributed by atoms with E-state index in [2.05, 4.69) is 15.0 Å². The van der Waals surface area contributed by atoms with Gasteiger partial charge in [0.15, 0.2) is 0 Å². The highest BCUT2D eigenvalue weighted by atomic mass is 16.5. The van der Waals surface area contributed by atoms with Crippen molar-refractivity contribution in [3.63, 3.8) is 0 Å². The van der Waals surface area contributed by atoms with Crippen LogP contribution in [-0.2, 0) is 4.74 Å². The Morgan fingerprint density at radius 1 is 1.26 bits per heavy atom. The van der Waals surface area contributed by atoms with Gasteiger partial charge < -0.3 is 9.26 Å². The second-order valence-corrected chi connectivity index (χ2v) is 5.79. The summed E-state index contributed by atoms with van der Waals surface area (Å²) < 4.78 is 10.8. The molecule has 1 aromatic heterocycles. The standard InChI is InChI=1S/C14H23N3O2/c1-11-15-14(16-19-11)13-10-17(7-8-18-13)9-12-5-3-2-4-6-12/h12-13H,2-10H2,1H3/t13-/m1/s1. The number of aryl methyl sites for hydroxylation is 1. The average molecular weight is 265 g/mol. The topological polar surface area (TPSA) is 51.4 Å². The van der Waals surface area contributed by atoms with Crippen LogP contribution in [0.3, 0.4) is 0 Å². The molecule has 1 atom stereocenters. The van der Waals surface area contributed by atoms with Crippen molar-refractivity contribution in [2.24, 2.45) is 5.92 Å². The van der Waals surface area contributed by atoms with Gasteiger partial charge in [-0.1, -0.05) is 24.4 Å². The van der Waals surface area contributed by atoms with Crippen LogP contribution in [0, 0.1) is 12.8 Å². The predicted molar refractivity (Wildman–Crippen MR) is 70.7 cm³/mol. The summed E-state index contributed by atoms with van der Waals surface area (Å²) in [4.78, 5) is 6.80. The van der Waals surface area contributed by atoms with E-state index in [1.165, 1.54) is 38.6 Å². The lowest BCUT2D eigenvalue weighted by Gasteiger charge is -2.35. The molecule has 1 aromatic rings. The first kappa shape index (κ1) is 13.1. The summed E-state index contributed by atoms with van der Waals surface area (Å²) in [5.74, 6) is 2.19. The molecule has 2 aliphatic rings. The van der Waals surface area contributed by atoms with Crippen molar-refractivity contribution in [3.05, 3.63) is 11.7 Å². The van der Waals surface area contributed by atoms with Gasteiger partial charge in [-0.25, -0.2) is 0 Å². The van der Waals surface area contributed by atoms with Crippen molar-refractivity contribution < 1.29 is 9.26 Å². The first-order valence-corrected chi connectivity index (χ1v) is 7.45. The van der Waals surface area contributed by atoms with Gasteiger partial charge in [0.25, 0.3) is 0 Å². The molecule has 0 unspecified atom stereocenters. The molecule has 0 spiro atoms. The summed E-state index contributed by atoms with van der Waals surface area (Å²) in [6, 6.07) is 0. The second-order valence-electron chi connectivity index (χ2n) is 5.79. The molecule has 0 aromatic carbocycles. The maximum Gasteiger partial charge on any atom is 0.223 e. The molecule has 2 heterocycles. The Kier molecular flexibility index (Phi) is 4.13. The first-order chi connectivity index (χ1) is 9.31. The van der Waals surface area contributed by atoms with Gasteiger partial charge in [-0.2, -0.15) is 4.98 Å². The predicted octanol–water partition coefficient (Wildman–Crippen LogP) is 2.33. The molecular weight excluding hydrogens is 242 g/mol. The third-order valence-electron chi connectivity index (χ3n) is 4.22. The van der Waals surface area contributed by atoms with Crippen LogP contribution in [0.1, 0.15) is 49.9 Å². The molecule has 5 heteroatoms. The van der Waals surface area contributed by atoms with Gasteiger partial charge in [0.2, 0.25) is 11.7 Å². The molecule has 0 amide bonds. The summed E-state index contributed by atoms with van der Waals surface area (Å²) in [7, 11) is 0. The Morgan fingerprint density at radius 3 is 2.84 bits per heavy atom. The lowest BCUT2D eigenvalue weighted by Crippen LogP contribution is -2.41. The van der Waals surface area contributed by atoms with E-state index in [4.69, 9.17) is 9.26 Å². The Labute approximate surface area is 114 Å². The van der Waals surface area contributed by atoms with Gasteiger partial charge >= 0.3 is 0 Å². The highest BCUT2D eigenvalue weighted by Gasteiger charge is 2.27. The molecule has 19 heavy (non-hydrogen) atoms. The Hall–Kier alpha value is -0.940. The van der Waals surface area contributed by atoms with Crippen LogP contribution < -0.4 is 0 Å². The van der Waals surface area contributed by atoms with Crippen molar-refractivity contribution in [1.82, 2.24) is 15.0 Å². The van der Waals surface area contributed by atoms with E-state index in [0.717, 1.165) is 25.6 Å². The zero-order valence-corrected chi connectivity index (χ0v) is 11.7. The minimum Gasteiger partial charge on any atom is -0.367 e. The van der Waals surface area contributed by atoms with E-state index >= 15 is 0 Å². The molecule has 3 rings (SSSR count). The van der Waals surface area contributed by atoms with E-state index in [9.17, 15) is 0 Å². The molecule has 0 N–H and O–H groups in total. The lowest BCUT2D eigenvalue weighted by molar-refractivity contribution is -0.0409. The van der Waals surface area contributed by atoms with Crippen LogP contribution in [0.25, 0.3) is 0 Å². The van der Waals surface area contributed by atoms with E-state index in [1.54, 1.807) is 0 Å². The molecule has 5 nitrogen and oxygen atoms in total. The van der Waals surface area contributed by atoms with Crippen molar-refractivity contribution in [1.29, 1.82) is 0 Å². The van der Waals surface area contributed by atoms with Gasteiger partial charge in [0.05, 0.1) is 6.61 Å². The minimum absolute atomic E-state index is 0.0187. The third-order valence-corrected chi connectivity index (χ3v) is 4.22. The molecule has 106 valence electrons. The van der Waals surface area contributed by atoms with Gasteiger partial charge in [-0.05, 0) is 18.8 Å². The summed E-state index contributed by atoms with van der Waals surface area (Å²) in [6.45, 7) is 5.72. The average Bonchev–Trinajstić information content (AvgIpc) is 2.87. The lowest BCUT2D eigenvalue weighted by atomic mass is 9.89. The van der Waals surface area contributed by atoms with E-state index in [1.807, 2.05) is 6.92 Å². The van der Waals surface area contributed by atoms with Crippen LogP contribution in [0.15, 0.2) is 4.52 Å². The maximum absolute atomic E-state index is 5.77. The van der Waals surface area contributed by atoms with Crippen LogP contribution in [-0.4, -0.2) is 41.3 Å². The number of rotatable bonds is 3. The quantitative estimate of drug-likeness (QED) is 0.839. The largest absolute Gasteiger partial charge is 0.367 e. The molecule has 0 radical (unpaired) electrons. The maximum atomic E-state index is 5.77. The van der Waals surface area contributed by atoms with Crippen molar-refractivity contribution in [2.75, 3.05) is 26.2 Å². The minimum atomic E-state index is -0.0187. The summed E-state index contributed by atoms with van der Waals surface area (Å²) in [6.07, 6.45) is 7.00. The molecule has 2 fully saturated rings. The van der Waals surface area contributed by atoms with Crippen LogP contribution in [0.5, 0.6) is 0 Å². The zero-order valence-electron chi connectivity index (χ0n) is 11.7. The van der Waals surface area contributed by atoms with E-state index < -0.39 is 0 Å². The molecule has 1 aliphatic heterocycles. The smallest absolute Gasteiger partial charge is 0.223 e. The summed E-state index contributed by atoms with van der Waals surface area (Å²) in [5, 5.41) is 3.98. The van der Waals surface area contributed by atoms with Crippen molar-refractivity contribution >= 4 is 0 Å². The van der Waals surface area contributed by atoms with Gasteiger partial charge in [-0.3, -0.25) is 4.90 Å². The number of hydrogen-bond acceptors (Lipinski definition) is 5. The van der Waals surface area contributed by atoms with Gasteiger partial charge in [0.1, 0.15) is 6.10 Å². The van der Waals surface area contributed by atoms with Crippen LogP contribution in [0.4, 0.5) is 0 Å². The molecule has 1 aliphatic carbocycles. The fraction of sp³-hybridized carbons (Fsp3) is 0.857. The van der Waals surface area contributed by atoms with Crippen LogP contribution >= 0.6 is 0 Å². The number of morpholine rings is 1. The number of aromatic nitrogens is 2. The molecule has 0 bridgehead atoms. The molecule has 1 saturated heterocycles. The van der Waals surface area contributed by atoms with E-state index in [-0.39, 0.29) is 6.10 Å². The SMILES string of the molecule is Cc1nc([C@H]2CN(CC3CCCCC3)CCO2)no1. The van der Waals surface area contributed by atoms with E-state index in [0.29, 0.717) is 11.7 Å². The monoisotopic (exact) mass is 265 g/mol. The van der Waals surface area contributed by atoms with Crippen LogP contribution in [0.2, 0.25) is 0 Å². The zero-order chi connectivity index (χ0) is 13.1.